The Morgan fingerprint density at radius 2 is 2.36 bits per heavy atom. The molecule has 14 heavy (non-hydrogen) atoms. The summed E-state index contributed by atoms with van der Waals surface area (Å²) in [7, 11) is 3.78. The lowest BCUT2D eigenvalue weighted by Gasteiger charge is -2.15. The summed E-state index contributed by atoms with van der Waals surface area (Å²) in [6.45, 7) is 3.03. The highest BCUT2D eigenvalue weighted by molar-refractivity contribution is 7.10. The molecule has 0 fully saturated rings. The number of hydrogen-bond donors (Lipinski definition) is 1. The first-order valence-corrected chi connectivity index (χ1v) is 5.87. The van der Waals surface area contributed by atoms with Crippen molar-refractivity contribution >= 4 is 11.3 Å². The Balaban J connectivity index is 2.50. The van der Waals surface area contributed by atoms with Crippen molar-refractivity contribution in [1.29, 1.82) is 0 Å². The summed E-state index contributed by atoms with van der Waals surface area (Å²) in [5, 5.41) is 5.51. The molecule has 2 nitrogen and oxygen atoms in total. The average Bonchev–Trinajstić information content (AvgIpc) is 2.60. The molecule has 1 atom stereocenters. The average molecular weight is 213 g/mol. The van der Waals surface area contributed by atoms with Crippen LogP contribution in [0.5, 0.6) is 0 Å². The van der Waals surface area contributed by atoms with Crippen LogP contribution >= 0.6 is 11.3 Å². The van der Waals surface area contributed by atoms with Crippen LogP contribution in [-0.2, 0) is 4.74 Å². The van der Waals surface area contributed by atoms with Crippen LogP contribution in [0.3, 0.4) is 0 Å². The summed E-state index contributed by atoms with van der Waals surface area (Å²) in [5.41, 5.74) is 1.44. The Morgan fingerprint density at radius 1 is 1.57 bits per heavy atom. The largest absolute Gasteiger partial charge is 0.385 e. The van der Waals surface area contributed by atoms with Crippen LogP contribution in [0.25, 0.3) is 0 Å². The van der Waals surface area contributed by atoms with Crippen LogP contribution in [0, 0.1) is 6.92 Å². The maximum absolute atomic E-state index is 5.06. The maximum Gasteiger partial charge on any atom is 0.0462 e. The van der Waals surface area contributed by atoms with Crippen molar-refractivity contribution in [2.24, 2.45) is 0 Å². The molecule has 0 saturated heterocycles. The highest BCUT2D eigenvalue weighted by Gasteiger charge is 2.11. The third-order valence-corrected chi connectivity index (χ3v) is 3.33. The van der Waals surface area contributed by atoms with Crippen molar-refractivity contribution in [2.75, 3.05) is 20.8 Å². The molecular formula is C11H19NOS. The molecule has 80 valence electrons. The van der Waals surface area contributed by atoms with Crippen molar-refractivity contribution in [3.63, 3.8) is 0 Å². The zero-order chi connectivity index (χ0) is 10.4. The predicted octanol–water partition coefficient (Wildman–Crippen LogP) is 2.74. The predicted molar refractivity (Wildman–Crippen MR) is 62.0 cm³/mol. The van der Waals surface area contributed by atoms with Crippen LogP contribution in [0.4, 0.5) is 0 Å². The molecule has 0 saturated carbocycles. The van der Waals surface area contributed by atoms with Gasteiger partial charge in [0.1, 0.15) is 0 Å². The van der Waals surface area contributed by atoms with Crippen molar-refractivity contribution < 1.29 is 4.74 Å². The zero-order valence-corrected chi connectivity index (χ0v) is 9.99. The molecule has 0 spiro atoms. The topological polar surface area (TPSA) is 21.3 Å². The van der Waals surface area contributed by atoms with Crippen LogP contribution < -0.4 is 5.32 Å². The fourth-order valence-corrected chi connectivity index (χ4v) is 2.41. The minimum atomic E-state index is 0.483. The number of nitrogens with one attached hydrogen (secondary N) is 1. The summed E-state index contributed by atoms with van der Waals surface area (Å²) in [4.78, 5) is 1.42. The SMILES string of the molecule is CNC(CCCOC)c1ccsc1C. The van der Waals surface area contributed by atoms with E-state index in [0.29, 0.717) is 6.04 Å². The molecule has 1 aromatic heterocycles. The van der Waals surface area contributed by atoms with E-state index in [-0.39, 0.29) is 0 Å². The van der Waals surface area contributed by atoms with E-state index in [0.717, 1.165) is 19.4 Å². The number of thiophene rings is 1. The fourth-order valence-electron chi connectivity index (χ4n) is 1.64. The zero-order valence-electron chi connectivity index (χ0n) is 9.17. The lowest BCUT2D eigenvalue weighted by molar-refractivity contribution is 0.189. The van der Waals surface area contributed by atoms with Crippen LogP contribution in [0.2, 0.25) is 0 Å². The first kappa shape index (κ1) is 11.7. The maximum atomic E-state index is 5.06. The Bertz CT molecular complexity index is 260. The lowest BCUT2D eigenvalue weighted by atomic mass is 10.0. The Morgan fingerprint density at radius 3 is 2.86 bits per heavy atom. The molecular weight excluding hydrogens is 194 g/mol. The summed E-state index contributed by atoms with van der Waals surface area (Å²) in [5.74, 6) is 0. The molecule has 0 amide bonds. The highest BCUT2D eigenvalue weighted by atomic mass is 32.1. The summed E-state index contributed by atoms with van der Waals surface area (Å²) in [6, 6.07) is 2.70. The van der Waals surface area contributed by atoms with Gasteiger partial charge in [0.25, 0.3) is 0 Å². The van der Waals surface area contributed by atoms with Gasteiger partial charge in [-0.1, -0.05) is 0 Å². The van der Waals surface area contributed by atoms with Gasteiger partial charge in [-0.3, -0.25) is 0 Å². The summed E-state index contributed by atoms with van der Waals surface area (Å²) in [6.07, 6.45) is 2.25. The summed E-state index contributed by atoms with van der Waals surface area (Å²) >= 11 is 1.82. The molecule has 1 rings (SSSR count). The molecule has 0 aliphatic heterocycles. The quantitative estimate of drug-likeness (QED) is 0.734. The molecule has 0 aliphatic rings. The van der Waals surface area contributed by atoms with Gasteiger partial charge in [0.15, 0.2) is 0 Å². The number of rotatable bonds is 6. The second kappa shape index (κ2) is 6.17. The first-order valence-electron chi connectivity index (χ1n) is 4.99. The Hall–Kier alpha value is -0.380. The van der Waals surface area contributed by atoms with Gasteiger partial charge in [0.05, 0.1) is 0 Å². The Kier molecular flexibility index (Phi) is 5.15. The number of hydrogen-bond acceptors (Lipinski definition) is 3. The van der Waals surface area contributed by atoms with E-state index in [9.17, 15) is 0 Å². The molecule has 1 N–H and O–H groups in total. The molecule has 3 heteroatoms. The van der Waals surface area contributed by atoms with E-state index in [1.165, 1.54) is 10.4 Å². The van der Waals surface area contributed by atoms with Crippen molar-refractivity contribution in [1.82, 2.24) is 5.32 Å². The van der Waals surface area contributed by atoms with Gasteiger partial charge >= 0.3 is 0 Å². The van der Waals surface area contributed by atoms with E-state index < -0.39 is 0 Å². The van der Waals surface area contributed by atoms with E-state index in [1.807, 2.05) is 18.4 Å². The van der Waals surface area contributed by atoms with Crippen molar-refractivity contribution in [2.45, 2.75) is 25.8 Å². The third kappa shape index (κ3) is 3.08. The van der Waals surface area contributed by atoms with Gasteiger partial charge < -0.3 is 10.1 Å². The van der Waals surface area contributed by atoms with E-state index in [4.69, 9.17) is 4.74 Å². The van der Waals surface area contributed by atoms with Crippen LogP contribution in [0.1, 0.15) is 29.3 Å². The minimum Gasteiger partial charge on any atom is -0.385 e. The monoisotopic (exact) mass is 213 g/mol. The standard InChI is InChI=1S/C11H19NOS/c1-9-10(6-8-14-9)11(12-2)5-4-7-13-3/h6,8,11-12H,4-5,7H2,1-3H3. The van der Waals surface area contributed by atoms with Gasteiger partial charge in [-0.05, 0) is 43.8 Å². The second-order valence-electron chi connectivity index (χ2n) is 3.41. The van der Waals surface area contributed by atoms with Crippen molar-refractivity contribution in [3.05, 3.63) is 21.9 Å². The van der Waals surface area contributed by atoms with Gasteiger partial charge in [0.2, 0.25) is 0 Å². The third-order valence-electron chi connectivity index (χ3n) is 2.46. The number of aryl methyl sites for hydroxylation is 1. The van der Waals surface area contributed by atoms with Gasteiger partial charge in [0, 0.05) is 24.6 Å². The van der Waals surface area contributed by atoms with E-state index >= 15 is 0 Å². The van der Waals surface area contributed by atoms with Gasteiger partial charge in [-0.15, -0.1) is 11.3 Å². The number of methoxy groups -OCH3 is 1. The van der Waals surface area contributed by atoms with Crippen LogP contribution in [-0.4, -0.2) is 20.8 Å². The first-order chi connectivity index (χ1) is 6.79. The normalized spacial score (nSPS) is 13.1. The molecule has 1 heterocycles. The fraction of sp³-hybridized carbons (Fsp3) is 0.636. The smallest absolute Gasteiger partial charge is 0.0462 e. The molecule has 0 aromatic carbocycles. The van der Waals surface area contributed by atoms with Crippen LogP contribution in [0.15, 0.2) is 11.4 Å². The molecule has 0 aliphatic carbocycles. The molecule has 0 radical (unpaired) electrons. The Labute approximate surface area is 90.3 Å². The van der Waals surface area contributed by atoms with E-state index in [2.05, 4.69) is 23.7 Å². The lowest BCUT2D eigenvalue weighted by Crippen LogP contribution is -2.16. The van der Waals surface area contributed by atoms with Gasteiger partial charge in [-0.25, -0.2) is 0 Å². The summed E-state index contributed by atoms with van der Waals surface area (Å²) < 4.78 is 5.06. The highest BCUT2D eigenvalue weighted by Crippen LogP contribution is 2.25. The second-order valence-corrected chi connectivity index (χ2v) is 4.53. The van der Waals surface area contributed by atoms with Crippen molar-refractivity contribution in [3.8, 4) is 0 Å². The van der Waals surface area contributed by atoms with Gasteiger partial charge in [-0.2, -0.15) is 0 Å². The molecule has 1 unspecified atom stereocenters. The minimum absolute atomic E-state index is 0.483. The molecule has 1 aromatic rings. The number of ether oxygens (including phenoxy) is 1. The molecule has 0 bridgehead atoms. The van der Waals surface area contributed by atoms with E-state index in [1.54, 1.807) is 7.11 Å².